The van der Waals surface area contributed by atoms with Gasteiger partial charge in [0.25, 0.3) is 5.56 Å². The van der Waals surface area contributed by atoms with Crippen LogP contribution in [0.2, 0.25) is 0 Å². The molecule has 2 aliphatic carbocycles. The summed E-state index contributed by atoms with van der Waals surface area (Å²) >= 11 is 0. The van der Waals surface area contributed by atoms with Crippen molar-refractivity contribution < 1.29 is 4.21 Å². The van der Waals surface area contributed by atoms with Gasteiger partial charge in [0.15, 0.2) is 17.3 Å². The minimum Gasteiger partial charge on any atom is -0.360 e. The Morgan fingerprint density at radius 1 is 1.10 bits per heavy atom. The van der Waals surface area contributed by atoms with Crippen molar-refractivity contribution >= 4 is 32.4 Å². The van der Waals surface area contributed by atoms with Gasteiger partial charge in [-0.2, -0.15) is 0 Å². The molecule has 4 aromatic heterocycles. The van der Waals surface area contributed by atoms with Crippen molar-refractivity contribution in [2.45, 2.75) is 69.9 Å². The van der Waals surface area contributed by atoms with Gasteiger partial charge in [-0.3, -0.25) is 18.6 Å². The summed E-state index contributed by atoms with van der Waals surface area (Å²) in [5.74, 6) is 5.85. The summed E-state index contributed by atoms with van der Waals surface area (Å²) in [7, 11) is -2.33. The molecule has 0 bridgehead atoms. The number of hydrogen-bond acceptors (Lipinski definition) is 9. The Balaban J connectivity index is 1.38. The number of pyridine rings is 1. The summed E-state index contributed by atoms with van der Waals surface area (Å²) < 4.78 is 14.3. The maximum Gasteiger partial charge on any atom is 0.295 e. The number of fused-ring (bicyclic) bond motifs is 1. The van der Waals surface area contributed by atoms with E-state index in [0.717, 1.165) is 42.6 Å². The molecule has 2 aliphatic rings. The number of hydrogen-bond donors (Lipinski definition) is 1. The quantitative estimate of drug-likeness (QED) is 0.312. The highest BCUT2D eigenvalue weighted by atomic mass is 32.2. The second-order valence-electron chi connectivity index (χ2n) is 10.5. The lowest BCUT2D eigenvalue weighted by Crippen LogP contribution is -2.29. The molecular weight excluding hydrogens is 512 g/mol. The average Bonchev–Trinajstić information content (AvgIpc) is 3.85. The lowest BCUT2D eigenvalue weighted by atomic mass is 10.1. The standard InChI is InChI=1S/C28H32N8O2S/c1-5-39(4,38)21-11-10-20(29-13-21)12-30-26-28(37)36(17(3)18-6-7-18)27-22(34-26)14-31-25(35-27)23-16(2)32-15-33-24(23)19-8-9-19/h10-11,13-15,17-19H,4-9,12H2,1-3H3,(H,30,34)/t17-,39?/m0/s1. The molecule has 0 saturated heterocycles. The van der Waals surface area contributed by atoms with E-state index in [2.05, 4.69) is 43.0 Å². The van der Waals surface area contributed by atoms with E-state index in [-0.39, 0.29) is 17.4 Å². The first kappa shape index (κ1) is 25.5. The van der Waals surface area contributed by atoms with E-state index in [1.807, 2.05) is 13.8 Å². The Kier molecular flexibility index (Phi) is 6.41. The van der Waals surface area contributed by atoms with Gasteiger partial charge >= 0.3 is 0 Å². The third-order valence-electron chi connectivity index (χ3n) is 7.73. The molecule has 2 saturated carbocycles. The van der Waals surface area contributed by atoms with E-state index < -0.39 is 9.52 Å². The molecule has 2 fully saturated rings. The summed E-state index contributed by atoms with van der Waals surface area (Å²) in [6.07, 6.45) is 9.24. The summed E-state index contributed by atoms with van der Waals surface area (Å²) in [4.78, 5) is 42.0. The molecule has 39 heavy (non-hydrogen) atoms. The van der Waals surface area contributed by atoms with Crippen LogP contribution in [0.5, 0.6) is 0 Å². The van der Waals surface area contributed by atoms with E-state index >= 15 is 0 Å². The molecule has 10 nitrogen and oxygen atoms in total. The lowest BCUT2D eigenvalue weighted by Gasteiger charge is -2.19. The van der Waals surface area contributed by atoms with Gasteiger partial charge < -0.3 is 5.32 Å². The van der Waals surface area contributed by atoms with E-state index in [4.69, 9.17) is 4.98 Å². The number of aromatic nitrogens is 7. The first-order valence-electron chi connectivity index (χ1n) is 13.4. The topological polar surface area (TPSA) is 128 Å². The van der Waals surface area contributed by atoms with Gasteiger partial charge in [-0.1, -0.05) is 6.92 Å². The van der Waals surface area contributed by atoms with Gasteiger partial charge in [0.2, 0.25) is 0 Å². The van der Waals surface area contributed by atoms with E-state index in [0.29, 0.717) is 51.7 Å². The minimum absolute atomic E-state index is 0.0287. The van der Waals surface area contributed by atoms with E-state index in [9.17, 15) is 9.00 Å². The number of nitrogens with zero attached hydrogens (tertiary/aromatic N) is 7. The van der Waals surface area contributed by atoms with Gasteiger partial charge in [-0.05, 0) is 73.0 Å². The van der Waals surface area contributed by atoms with Crippen LogP contribution in [0.3, 0.4) is 0 Å². The number of aryl methyl sites for hydroxylation is 1. The predicted octanol–water partition coefficient (Wildman–Crippen LogP) is 3.90. The summed E-state index contributed by atoms with van der Waals surface area (Å²) in [5.41, 5.74) is 4.19. The Bertz CT molecular complexity index is 1730. The highest BCUT2D eigenvalue weighted by molar-refractivity contribution is 8.00. The smallest absolute Gasteiger partial charge is 0.295 e. The fourth-order valence-electron chi connectivity index (χ4n) is 4.92. The van der Waals surface area contributed by atoms with Crippen molar-refractivity contribution in [2.24, 2.45) is 5.92 Å². The molecule has 11 heteroatoms. The summed E-state index contributed by atoms with van der Waals surface area (Å²) in [6.45, 7) is 6.15. The van der Waals surface area contributed by atoms with E-state index in [1.54, 1.807) is 35.4 Å². The molecule has 2 atom stereocenters. The molecule has 6 rings (SSSR count). The maximum atomic E-state index is 13.8. The van der Waals surface area contributed by atoms with Gasteiger partial charge in [-0.15, -0.1) is 0 Å². The Morgan fingerprint density at radius 3 is 2.56 bits per heavy atom. The third kappa shape index (κ3) is 4.91. The zero-order valence-electron chi connectivity index (χ0n) is 22.4. The van der Waals surface area contributed by atoms with E-state index in [1.165, 1.54) is 0 Å². The molecule has 0 radical (unpaired) electrons. The van der Waals surface area contributed by atoms with Crippen LogP contribution in [0, 0.1) is 12.8 Å². The van der Waals surface area contributed by atoms with Crippen LogP contribution in [0.25, 0.3) is 22.6 Å². The van der Waals surface area contributed by atoms with Gasteiger partial charge in [0.05, 0.1) is 35.4 Å². The monoisotopic (exact) mass is 544 g/mol. The predicted molar refractivity (Wildman–Crippen MR) is 152 cm³/mol. The Hall–Kier alpha value is -3.73. The molecule has 4 heterocycles. The van der Waals surface area contributed by atoms with Gasteiger partial charge in [0.1, 0.15) is 11.8 Å². The zero-order valence-corrected chi connectivity index (χ0v) is 23.2. The fraction of sp³-hybridized carbons (Fsp3) is 0.429. The lowest BCUT2D eigenvalue weighted by molar-refractivity contribution is 0.482. The van der Waals surface area contributed by atoms with Crippen molar-refractivity contribution in [1.82, 2.24) is 34.5 Å². The van der Waals surface area contributed by atoms with Crippen molar-refractivity contribution in [3.05, 3.63) is 58.3 Å². The van der Waals surface area contributed by atoms with Crippen molar-refractivity contribution in [1.29, 1.82) is 0 Å². The normalized spacial score (nSPS) is 17.6. The molecular formula is C28H32N8O2S. The average molecular weight is 545 g/mol. The number of anilines is 1. The third-order valence-corrected chi connectivity index (χ3v) is 9.76. The molecule has 1 N–H and O–H groups in total. The first-order chi connectivity index (χ1) is 18.8. The highest BCUT2D eigenvalue weighted by Crippen LogP contribution is 2.43. The molecule has 0 spiro atoms. The summed E-state index contributed by atoms with van der Waals surface area (Å²) in [6, 6.07) is 3.55. The minimum atomic E-state index is -2.33. The molecule has 202 valence electrons. The molecule has 0 amide bonds. The molecule has 1 unspecified atom stereocenters. The zero-order chi connectivity index (χ0) is 27.3. The molecule has 0 aliphatic heterocycles. The summed E-state index contributed by atoms with van der Waals surface area (Å²) in [5, 5.41) is 3.17. The van der Waals surface area contributed by atoms with Crippen LogP contribution < -0.4 is 10.9 Å². The largest absolute Gasteiger partial charge is 0.360 e. The van der Waals surface area contributed by atoms with Gasteiger partial charge in [0, 0.05) is 28.8 Å². The Morgan fingerprint density at radius 2 is 1.90 bits per heavy atom. The highest BCUT2D eigenvalue weighted by Gasteiger charge is 2.33. The van der Waals surface area contributed by atoms with Crippen LogP contribution >= 0.6 is 0 Å². The number of rotatable bonds is 9. The van der Waals surface area contributed by atoms with Crippen LogP contribution in [0.1, 0.15) is 68.6 Å². The second-order valence-corrected chi connectivity index (χ2v) is 13.2. The van der Waals surface area contributed by atoms with Crippen LogP contribution in [-0.4, -0.2) is 50.3 Å². The van der Waals surface area contributed by atoms with Crippen molar-refractivity contribution in [3.63, 3.8) is 0 Å². The van der Waals surface area contributed by atoms with Crippen molar-refractivity contribution in [3.8, 4) is 11.4 Å². The SMILES string of the molecule is C=S(=O)(CC)c1ccc(CNc2nc3cnc(-c4c(C)ncnc4C4CC4)nc3n([C@@H](C)C3CC3)c2=O)nc1. The molecule has 4 aromatic rings. The fourth-order valence-corrected chi connectivity index (χ4v) is 5.81. The van der Waals surface area contributed by atoms with Crippen LogP contribution in [0.15, 0.2) is 40.5 Å². The van der Waals surface area contributed by atoms with Gasteiger partial charge in [-0.25, -0.2) is 24.9 Å². The van der Waals surface area contributed by atoms with Crippen LogP contribution in [0.4, 0.5) is 5.82 Å². The number of nitrogens with one attached hydrogen (secondary N) is 1. The van der Waals surface area contributed by atoms with Crippen LogP contribution in [-0.2, 0) is 16.1 Å². The second kappa shape index (κ2) is 9.78. The first-order valence-corrected chi connectivity index (χ1v) is 15.3. The Labute approximate surface area is 227 Å². The molecule has 0 aromatic carbocycles. The van der Waals surface area contributed by atoms with Crippen molar-refractivity contribution in [2.75, 3.05) is 11.1 Å². The maximum absolute atomic E-state index is 13.8.